The second-order valence-corrected chi connectivity index (χ2v) is 5.73. The van der Waals surface area contributed by atoms with Crippen LogP contribution >= 0.6 is 0 Å². The number of rotatable bonds is 5. The summed E-state index contributed by atoms with van der Waals surface area (Å²) in [7, 11) is 0. The lowest BCUT2D eigenvalue weighted by Gasteiger charge is -2.41. The number of carboxylic acids is 1. The van der Waals surface area contributed by atoms with E-state index in [0.29, 0.717) is 30.0 Å². The average molecular weight is 329 g/mol. The minimum Gasteiger partial charge on any atom is -0.475 e. The van der Waals surface area contributed by atoms with Crippen molar-refractivity contribution in [3.8, 4) is 5.75 Å². The van der Waals surface area contributed by atoms with Gasteiger partial charge in [0, 0.05) is 0 Å². The predicted molar refractivity (Wildman–Crippen MR) is 87.2 cm³/mol. The summed E-state index contributed by atoms with van der Waals surface area (Å²) < 4.78 is 11.3. The number of carboxylic acid groups (broad SMARTS) is 1. The Kier molecular flexibility index (Phi) is 4.05. The van der Waals surface area contributed by atoms with Gasteiger partial charge in [-0.25, -0.2) is 4.79 Å². The second-order valence-electron chi connectivity index (χ2n) is 5.73. The molecule has 1 aromatic carbocycles. The number of carbonyl (C=O) groups is 2. The van der Waals surface area contributed by atoms with Gasteiger partial charge in [0.05, 0.1) is 12.2 Å². The van der Waals surface area contributed by atoms with Crippen molar-refractivity contribution in [1.82, 2.24) is 0 Å². The number of carbonyl (C=O) groups excluding carboxylic acids is 1. The average Bonchev–Trinajstić information content (AvgIpc) is 3.06. The summed E-state index contributed by atoms with van der Waals surface area (Å²) in [4.78, 5) is 25.6. The molecule has 0 saturated heterocycles. The largest absolute Gasteiger partial charge is 0.475 e. The number of fused-ring (bicyclic) bond motifs is 1. The van der Waals surface area contributed by atoms with Gasteiger partial charge in [-0.3, -0.25) is 9.69 Å². The molecule has 6 nitrogen and oxygen atoms in total. The maximum atomic E-state index is 13.1. The van der Waals surface area contributed by atoms with Gasteiger partial charge in [-0.1, -0.05) is 26.0 Å². The third-order valence-electron chi connectivity index (χ3n) is 4.42. The van der Waals surface area contributed by atoms with Crippen molar-refractivity contribution in [3.63, 3.8) is 0 Å². The Bertz CT molecular complexity index is 775. The fourth-order valence-corrected chi connectivity index (χ4v) is 2.96. The fraction of sp³-hybridized carbons (Fsp3) is 0.333. The third kappa shape index (κ3) is 2.54. The predicted octanol–water partition coefficient (Wildman–Crippen LogP) is 3.46. The first-order valence-corrected chi connectivity index (χ1v) is 7.92. The van der Waals surface area contributed by atoms with Crippen LogP contribution in [0.1, 0.15) is 43.0 Å². The van der Waals surface area contributed by atoms with E-state index in [1.807, 2.05) is 38.1 Å². The van der Waals surface area contributed by atoms with E-state index in [4.69, 9.17) is 14.3 Å². The van der Waals surface area contributed by atoms with E-state index < -0.39 is 11.6 Å². The Hall–Kier alpha value is -2.76. The molecule has 1 amide bonds. The van der Waals surface area contributed by atoms with Gasteiger partial charge in [-0.05, 0) is 37.1 Å². The lowest BCUT2D eigenvalue weighted by molar-refractivity contribution is -0.136. The number of amides is 1. The number of ether oxygens (including phenoxy) is 1. The molecule has 1 aliphatic rings. The van der Waals surface area contributed by atoms with E-state index in [2.05, 4.69) is 0 Å². The van der Waals surface area contributed by atoms with Crippen molar-refractivity contribution < 1.29 is 23.8 Å². The standard InChI is InChI=1S/C18H19NO5/c1-3-18(4-2)17(22)19(13-7-5-6-8-14(13)24-18)11-12-9-10-15(23-12)16(20)21/h5-10H,3-4,11H2,1-2H3,(H,20,21). The molecule has 6 heteroatoms. The first-order chi connectivity index (χ1) is 11.5. The number of hydrogen-bond donors (Lipinski definition) is 1. The zero-order chi connectivity index (χ0) is 17.3. The molecule has 2 aromatic rings. The summed E-state index contributed by atoms with van der Waals surface area (Å²) in [6, 6.07) is 10.3. The molecule has 0 spiro atoms. The van der Waals surface area contributed by atoms with Gasteiger partial charge in [0.2, 0.25) is 5.76 Å². The number of nitrogens with zero attached hydrogens (tertiary/aromatic N) is 1. The van der Waals surface area contributed by atoms with Crippen LogP contribution in [0.25, 0.3) is 0 Å². The van der Waals surface area contributed by atoms with E-state index in [1.165, 1.54) is 6.07 Å². The highest BCUT2D eigenvalue weighted by atomic mass is 16.5. The highest BCUT2D eigenvalue weighted by Crippen LogP contribution is 2.41. The van der Waals surface area contributed by atoms with Crippen molar-refractivity contribution >= 4 is 17.6 Å². The topological polar surface area (TPSA) is 80.0 Å². The molecule has 0 aliphatic carbocycles. The van der Waals surface area contributed by atoms with E-state index >= 15 is 0 Å². The van der Waals surface area contributed by atoms with Crippen LogP contribution in [-0.2, 0) is 11.3 Å². The zero-order valence-corrected chi connectivity index (χ0v) is 13.6. The molecule has 0 radical (unpaired) electrons. The van der Waals surface area contributed by atoms with Crippen molar-refractivity contribution in [2.75, 3.05) is 4.90 Å². The molecule has 0 bridgehead atoms. The summed E-state index contributed by atoms with van der Waals surface area (Å²) in [5.74, 6) is -0.355. The normalized spacial score (nSPS) is 15.8. The molecule has 1 aromatic heterocycles. The second kappa shape index (κ2) is 6.03. The van der Waals surface area contributed by atoms with Gasteiger partial charge in [-0.15, -0.1) is 0 Å². The van der Waals surface area contributed by atoms with Gasteiger partial charge in [0.15, 0.2) is 5.60 Å². The third-order valence-corrected chi connectivity index (χ3v) is 4.42. The van der Waals surface area contributed by atoms with Crippen LogP contribution in [0.3, 0.4) is 0 Å². The van der Waals surface area contributed by atoms with Crippen LogP contribution in [0.4, 0.5) is 5.69 Å². The van der Waals surface area contributed by atoms with E-state index in [9.17, 15) is 9.59 Å². The molecule has 0 fully saturated rings. The molecule has 126 valence electrons. The monoisotopic (exact) mass is 329 g/mol. The molecule has 24 heavy (non-hydrogen) atoms. The van der Waals surface area contributed by atoms with Gasteiger partial charge < -0.3 is 14.3 Å². The van der Waals surface area contributed by atoms with Gasteiger partial charge in [0.1, 0.15) is 11.5 Å². The van der Waals surface area contributed by atoms with Crippen LogP contribution in [0.15, 0.2) is 40.8 Å². The lowest BCUT2D eigenvalue weighted by Crippen LogP contribution is -2.55. The highest BCUT2D eigenvalue weighted by molar-refractivity contribution is 6.02. The van der Waals surface area contributed by atoms with Crippen molar-refractivity contribution in [3.05, 3.63) is 47.9 Å². The number of benzene rings is 1. The molecule has 2 heterocycles. The lowest BCUT2D eigenvalue weighted by atomic mass is 9.92. The Morgan fingerprint density at radius 2 is 1.88 bits per heavy atom. The molecule has 0 atom stereocenters. The summed E-state index contributed by atoms with van der Waals surface area (Å²) in [6.45, 7) is 4.00. The van der Waals surface area contributed by atoms with Crippen molar-refractivity contribution in [2.45, 2.75) is 38.8 Å². The Morgan fingerprint density at radius 3 is 2.50 bits per heavy atom. The summed E-state index contributed by atoms with van der Waals surface area (Å²) in [5.41, 5.74) is -0.246. The number of para-hydroxylation sites is 2. The SMILES string of the molecule is CCC1(CC)Oc2ccccc2N(Cc2ccc(C(=O)O)o2)C1=O. The maximum absolute atomic E-state index is 13.1. The Morgan fingerprint density at radius 1 is 1.17 bits per heavy atom. The number of hydrogen-bond acceptors (Lipinski definition) is 4. The van der Waals surface area contributed by atoms with E-state index in [-0.39, 0.29) is 18.2 Å². The number of furan rings is 1. The maximum Gasteiger partial charge on any atom is 0.371 e. The van der Waals surface area contributed by atoms with Crippen LogP contribution < -0.4 is 9.64 Å². The smallest absolute Gasteiger partial charge is 0.371 e. The van der Waals surface area contributed by atoms with Crippen molar-refractivity contribution in [1.29, 1.82) is 0 Å². The molecule has 1 N–H and O–H groups in total. The summed E-state index contributed by atoms with van der Waals surface area (Å²) in [6.07, 6.45) is 1.09. The quantitative estimate of drug-likeness (QED) is 0.908. The fourth-order valence-electron chi connectivity index (χ4n) is 2.96. The molecule has 0 saturated carbocycles. The Labute approximate surface area is 139 Å². The molecular weight excluding hydrogens is 310 g/mol. The molecule has 1 aliphatic heterocycles. The number of anilines is 1. The summed E-state index contributed by atoms with van der Waals surface area (Å²) >= 11 is 0. The van der Waals surface area contributed by atoms with Crippen molar-refractivity contribution in [2.24, 2.45) is 0 Å². The van der Waals surface area contributed by atoms with Gasteiger partial charge >= 0.3 is 5.97 Å². The van der Waals surface area contributed by atoms with Crippen LogP contribution in [-0.4, -0.2) is 22.6 Å². The minimum absolute atomic E-state index is 0.139. The van der Waals surface area contributed by atoms with Gasteiger partial charge in [-0.2, -0.15) is 0 Å². The van der Waals surface area contributed by atoms with Gasteiger partial charge in [0.25, 0.3) is 5.91 Å². The first kappa shape index (κ1) is 16.1. The van der Waals surface area contributed by atoms with Crippen LogP contribution in [0.2, 0.25) is 0 Å². The van der Waals surface area contributed by atoms with Crippen LogP contribution in [0.5, 0.6) is 5.75 Å². The first-order valence-electron chi connectivity index (χ1n) is 7.92. The zero-order valence-electron chi connectivity index (χ0n) is 13.6. The van der Waals surface area contributed by atoms with Crippen LogP contribution in [0, 0.1) is 0 Å². The highest BCUT2D eigenvalue weighted by Gasteiger charge is 2.45. The van der Waals surface area contributed by atoms with E-state index in [1.54, 1.807) is 11.0 Å². The number of aromatic carboxylic acids is 1. The molecule has 3 rings (SSSR count). The molecular formula is C18H19NO5. The minimum atomic E-state index is -1.13. The molecule has 0 unspecified atom stereocenters. The Balaban J connectivity index is 2.00. The summed E-state index contributed by atoms with van der Waals surface area (Å²) in [5, 5.41) is 8.98. The van der Waals surface area contributed by atoms with E-state index in [0.717, 1.165) is 0 Å².